The van der Waals surface area contributed by atoms with E-state index in [2.05, 4.69) is 82.7 Å². The third kappa shape index (κ3) is 4.17. The Bertz CT molecular complexity index is 1730. The first-order valence-corrected chi connectivity index (χ1v) is 14.3. The molecule has 0 radical (unpaired) electrons. The van der Waals surface area contributed by atoms with Gasteiger partial charge in [0.1, 0.15) is 5.75 Å². The molecular weight excluding hydrogens is 514 g/mol. The molecule has 4 aromatic carbocycles. The summed E-state index contributed by atoms with van der Waals surface area (Å²) in [5.41, 5.74) is 8.04. The van der Waals surface area contributed by atoms with Gasteiger partial charge in [-0.2, -0.15) is 0 Å². The van der Waals surface area contributed by atoms with Crippen LogP contribution in [0.3, 0.4) is 0 Å². The fourth-order valence-corrected chi connectivity index (χ4v) is 6.57. The first kappa shape index (κ1) is 24.4. The molecule has 2 aliphatic rings. The van der Waals surface area contributed by atoms with E-state index in [0.29, 0.717) is 11.5 Å². The Morgan fingerprint density at radius 2 is 1.52 bits per heavy atom. The van der Waals surface area contributed by atoms with Gasteiger partial charge in [0.05, 0.1) is 34.3 Å². The molecule has 0 bridgehead atoms. The highest BCUT2D eigenvalue weighted by Crippen LogP contribution is 2.48. The average molecular weight is 542 g/mol. The molecule has 40 heavy (non-hydrogen) atoms. The van der Waals surface area contributed by atoms with Gasteiger partial charge in [0, 0.05) is 11.3 Å². The number of nitrogens with zero attached hydrogens (tertiary/aromatic N) is 2. The quantitative estimate of drug-likeness (QED) is 0.221. The number of nitrogens with one attached hydrogen (secondary N) is 1. The number of rotatable bonds is 6. The summed E-state index contributed by atoms with van der Waals surface area (Å²) in [5, 5.41) is 3.48. The molecule has 1 fully saturated rings. The van der Waals surface area contributed by atoms with Crippen LogP contribution in [0, 0.1) is 0 Å². The fourth-order valence-electron chi connectivity index (χ4n) is 5.43. The predicted molar refractivity (Wildman–Crippen MR) is 165 cm³/mol. The van der Waals surface area contributed by atoms with Crippen LogP contribution in [0.15, 0.2) is 120 Å². The highest BCUT2D eigenvalue weighted by Gasteiger charge is 2.42. The normalized spacial score (nSPS) is 16.6. The van der Waals surface area contributed by atoms with Crippen LogP contribution in [-0.2, 0) is 4.79 Å². The molecule has 7 rings (SSSR count). The summed E-state index contributed by atoms with van der Waals surface area (Å²) < 4.78 is 8.01. The van der Waals surface area contributed by atoms with Crippen LogP contribution in [0.5, 0.6) is 5.75 Å². The van der Waals surface area contributed by atoms with E-state index in [4.69, 9.17) is 4.74 Å². The van der Waals surface area contributed by atoms with Gasteiger partial charge in [-0.3, -0.25) is 9.69 Å². The summed E-state index contributed by atoms with van der Waals surface area (Å²) >= 11 is 1.56. The Balaban J connectivity index is 1.41. The van der Waals surface area contributed by atoms with Crippen LogP contribution in [0.4, 0.5) is 11.4 Å². The minimum absolute atomic E-state index is 0.0153. The molecule has 1 atom stereocenters. The van der Waals surface area contributed by atoms with Crippen LogP contribution in [-0.4, -0.2) is 22.6 Å². The molecule has 0 spiro atoms. The standard InChI is InChI=1S/C34H27N3O2S/c1-2-39-27-19-17-26(18-20-27)36-30(23-11-5-3-6-12-23)21-25(32(36)24-13-7-4-8-14-24)22-31-33(38)37-29-16-10-9-15-28(29)35-34(37)40-31/h3-22,34-35H,2H2,1H3/b31-22-/t34-/m0/s1. The molecule has 1 saturated heterocycles. The summed E-state index contributed by atoms with van der Waals surface area (Å²) in [7, 11) is 0. The molecular formula is C34H27N3O2S. The number of fused-ring (bicyclic) bond motifs is 3. The van der Waals surface area contributed by atoms with Crippen LogP contribution < -0.4 is 15.0 Å². The molecule has 1 aromatic heterocycles. The average Bonchev–Trinajstić information content (AvgIpc) is 3.65. The zero-order valence-corrected chi connectivity index (χ0v) is 22.8. The highest BCUT2D eigenvalue weighted by molar-refractivity contribution is 8.05. The van der Waals surface area contributed by atoms with Crippen molar-refractivity contribution in [2.24, 2.45) is 0 Å². The van der Waals surface area contributed by atoms with Gasteiger partial charge in [-0.1, -0.05) is 84.6 Å². The summed E-state index contributed by atoms with van der Waals surface area (Å²) in [5.74, 6) is 0.853. The van der Waals surface area contributed by atoms with Crippen LogP contribution in [0.25, 0.3) is 34.3 Å². The van der Waals surface area contributed by atoms with Gasteiger partial charge in [0.25, 0.3) is 5.91 Å². The lowest BCUT2D eigenvalue weighted by Crippen LogP contribution is -2.31. The molecule has 1 N–H and O–H groups in total. The lowest BCUT2D eigenvalue weighted by Gasteiger charge is -2.16. The maximum atomic E-state index is 13.7. The molecule has 196 valence electrons. The van der Waals surface area contributed by atoms with E-state index < -0.39 is 0 Å². The third-order valence-corrected chi connectivity index (χ3v) is 8.28. The maximum absolute atomic E-state index is 13.7. The van der Waals surface area contributed by atoms with Crippen LogP contribution in [0.2, 0.25) is 0 Å². The zero-order chi connectivity index (χ0) is 27.1. The van der Waals surface area contributed by atoms with Gasteiger partial charge in [-0.05, 0) is 66.6 Å². The van der Waals surface area contributed by atoms with Crippen molar-refractivity contribution in [1.29, 1.82) is 0 Å². The van der Waals surface area contributed by atoms with Crippen LogP contribution >= 0.6 is 11.8 Å². The Kier molecular flexibility index (Phi) is 6.17. The highest BCUT2D eigenvalue weighted by atomic mass is 32.2. The topological polar surface area (TPSA) is 46.5 Å². The number of thioether (sulfide) groups is 1. The second kappa shape index (κ2) is 10.1. The number of hydrogen-bond donors (Lipinski definition) is 1. The molecule has 5 aromatic rings. The largest absolute Gasteiger partial charge is 0.494 e. The van der Waals surface area contributed by atoms with Crippen LogP contribution in [0.1, 0.15) is 12.5 Å². The minimum atomic E-state index is -0.141. The molecule has 5 nitrogen and oxygen atoms in total. The summed E-state index contributed by atoms with van der Waals surface area (Å²) in [4.78, 5) is 16.3. The van der Waals surface area contributed by atoms with Crippen molar-refractivity contribution in [1.82, 2.24) is 4.57 Å². The molecule has 0 aliphatic carbocycles. The van der Waals surface area contributed by atoms with E-state index in [1.165, 1.54) is 0 Å². The van der Waals surface area contributed by atoms with E-state index in [9.17, 15) is 4.79 Å². The van der Waals surface area contributed by atoms with Gasteiger partial charge in [-0.25, -0.2) is 0 Å². The smallest absolute Gasteiger partial charge is 0.267 e. The van der Waals surface area contributed by atoms with Crippen molar-refractivity contribution in [3.05, 3.63) is 126 Å². The molecule has 2 aliphatic heterocycles. The Morgan fingerprint density at radius 3 is 2.25 bits per heavy atom. The number of amides is 1. The van der Waals surface area contributed by atoms with E-state index in [1.54, 1.807) is 11.8 Å². The van der Waals surface area contributed by atoms with E-state index in [1.807, 2.05) is 60.4 Å². The van der Waals surface area contributed by atoms with Crippen molar-refractivity contribution in [3.63, 3.8) is 0 Å². The summed E-state index contributed by atoms with van der Waals surface area (Å²) in [6.45, 7) is 2.61. The zero-order valence-electron chi connectivity index (χ0n) is 22.0. The molecule has 0 saturated carbocycles. The monoisotopic (exact) mass is 541 g/mol. The number of anilines is 2. The second-order valence-corrected chi connectivity index (χ2v) is 10.8. The Morgan fingerprint density at radius 1 is 0.850 bits per heavy atom. The molecule has 3 heterocycles. The van der Waals surface area contributed by atoms with Gasteiger partial charge in [0.15, 0.2) is 5.50 Å². The number of para-hydroxylation sites is 2. The van der Waals surface area contributed by atoms with Crippen molar-refractivity contribution < 1.29 is 9.53 Å². The van der Waals surface area contributed by atoms with Gasteiger partial charge < -0.3 is 14.6 Å². The van der Waals surface area contributed by atoms with Gasteiger partial charge in [-0.15, -0.1) is 0 Å². The maximum Gasteiger partial charge on any atom is 0.267 e. The second-order valence-electron chi connectivity index (χ2n) is 9.64. The Hall–Kier alpha value is -4.68. The predicted octanol–water partition coefficient (Wildman–Crippen LogP) is 8.04. The van der Waals surface area contributed by atoms with Crippen molar-refractivity contribution in [2.45, 2.75) is 12.4 Å². The summed E-state index contributed by atoms with van der Waals surface area (Å²) in [6.07, 6.45) is 2.05. The number of hydrogen-bond acceptors (Lipinski definition) is 4. The number of carbonyl (C=O) groups excluding carboxylic acids is 1. The number of aromatic nitrogens is 1. The molecule has 0 unspecified atom stereocenters. The third-order valence-electron chi connectivity index (χ3n) is 7.18. The van der Waals surface area contributed by atoms with Crippen molar-refractivity contribution in [3.8, 4) is 34.0 Å². The van der Waals surface area contributed by atoms with Gasteiger partial charge in [0.2, 0.25) is 0 Å². The number of benzene rings is 4. The van der Waals surface area contributed by atoms with Gasteiger partial charge >= 0.3 is 0 Å². The lowest BCUT2D eigenvalue weighted by molar-refractivity contribution is -0.114. The van der Waals surface area contributed by atoms with E-state index >= 15 is 0 Å². The number of ether oxygens (including phenoxy) is 1. The number of carbonyl (C=O) groups is 1. The Labute approximate surface area is 237 Å². The molecule has 1 amide bonds. The van der Waals surface area contributed by atoms with E-state index in [-0.39, 0.29) is 11.4 Å². The minimum Gasteiger partial charge on any atom is -0.494 e. The van der Waals surface area contributed by atoms with E-state index in [0.717, 1.165) is 50.9 Å². The first-order valence-electron chi connectivity index (χ1n) is 13.4. The van der Waals surface area contributed by atoms with Crippen molar-refractivity contribution >= 4 is 35.1 Å². The van der Waals surface area contributed by atoms with Crippen molar-refractivity contribution in [2.75, 3.05) is 16.8 Å². The summed E-state index contributed by atoms with van der Waals surface area (Å²) in [6, 6.07) is 39.1. The lowest BCUT2D eigenvalue weighted by atomic mass is 10.1. The first-order chi connectivity index (χ1) is 19.7. The molecule has 6 heteroatoms. The fraction of sp³-hybridized carbons (Fsp3) is 0.0882. The SMILES string of the molecule is CCOc1ccc(-n2c(-c3ccccc3)cc(/C=C3\S[C@H]4Nc5ccccc5N4C3=O)c2-c2ccccc2)cc1.